The monoisotopic (exact) mass is 456 g/mol. The first-order valence-electron chi connectivity index (χ1n) is 9.61. The van der Waals surface area contributed by atoms with Crippen LogP contribution in [0.4, 0.5) is 0 Å². The van der Waals surface area contributed by atoms with E-state index in [0.29, 0.717) is 38.0 Å². The highest BCUT2D eigenvalue weighted by atomic mass is 35.5. The van der Waals surface area contributed by atoms with Gasteiger partial charge in [0.2, 0.25) is 0 Å². The molecule has 5 rings (SSSR count). The van der Waals surface area contributed by atoms with Crippen molar-refractivity contribution in [2.45, 2.75) is 42.7 Å². The van der Waals surface area contributed by atoms with Crippen LogP contribution in [0.2, 0.25) is 20.1 Å². The Morgan fingerprint density at radius 1 is 0.821 bits per heavy atom. The predicted molar refractivity (Wildman–Crippen MR) is 120 cm³/mol. The van der Waals surface area contributed by atoms with Crippen molar-refractivity contribution in [3.63, 3.8) is 0 Å². The van der Waals surface area contributed by atoms with Gasteiger partial charge in [-0.05, 0) is 75.3 Å². The average molecular weight is 458 g/mol. The van der Waals surface area contributed by atoms with Crippen LogP contribution < -0.4 is 5.32 Å². The largest absolute Gasteiger partial charge is 0.313 e. The number of rotatable bonds is 3. The van der Waals surface area contributed by atoms with Gasteiger partial charge in [0.1, 0.15) is 0 Å². The lowest BCUT2D eigenvalue weighted by Gasteiger charge is -2.49. The minimum absolute atomic E-state index is 0.119. The van der Waals surface area contributed by atoms with Crippen LogP contribution in [0.1, 0.15) is 42.2 Å². The summed E-state index contributed by atoms with van der Waals surface area (Å²) in [7, 11) is 4.40. The summed E-state index contributed by atoms with van der Waals surface area (Å²) in [5.74, 6) is 0.681. The number of fused-ring (bicyclic) bond motifs is 4. The molecule has 2 aliphatic heterocycles. The summed E-state index contributed by atoms with van der Waals surface area (Å²) in [6.45, 7) is 0.999. The highest BCUT2D eigenvalue weighted by molar-refractivity contribution is 6.42. The summed E-state index contributed by atoms with van der Waals surface area (Å²) in [5, 5.41) is 6.26. The highest BCUT2D eigenvalue weighted by Crippen LogP contribution is 2.51. The first-order chi connectivity index (χ1) is 13.3. The maximum Gasteiger partial charge on any atom is 0.0595 e. The quantitative estimate of drug-likeness (QED) is 0.556. The molecule has 6 heteroatoms. The molecule has 2 atom stereocenters. The van der Waals surface area contributed by atoms with E-state index in [1.54, 1.807) is 0 Å². The molecule has 2 aromatic carbocycles. The molecule has 28 heavy (non-hydrogen) atoms. The van der Waals surface area contributed by atoms with E-state index in [1.807, 2.05) is 24.3 Å². The summed E-state index contributed by atoms with van der Waals surface area (Å²) in [4.78, 5) is 2.41. The molecule has 2 nitrogen and oxygen atoms in total. The molecule has 2 unspecified atom stereocenters. The molecular formula is C22H24Cl4N2. The summed E-state index contributed by atoms with van der Waals surface area (Å²) in [6.07, 6.45) is 3.30. The van der Waals surface area contributed by atoms with Crippen LogP contribution >= 0.6 is 46.4 Å². The zero-order valence-corrected chi connectivity index (χ0v) is 19.0. The van der Waals surface area contributed by atoms with Gasteiger partial charge in [-0.25, -0.2) is 0 Å². The lowest BCUT2D eigenvalue weighted by molar-refractivity contribution is 0.0790. The van der Waals surface area contributed by atoms with E-state index in [9.17, 15) is 0 Å². The third-order valence-electron chi connectivity index (χ3n) is 6.73. The maximum absolute atomic E-state index is 6.37. The molecule has 1 saturated carbocycles. The van der Waals surface area contributed by atoms with Gasteiger partial charge < -0.3 is 10.2 Å². The molecule has 1 N–H and O–H groups in total. The number of hydrogen-bond donors (Lipinski definition) is 1. The van der Waals surface area contributed by atoms with Gasteiger partial charge in [0.25, 0.3) is 0 Å². The topological polar surface area (TPSA) is 15.3 Å². The third-order valence-corrected chi connectivity index (χ3v) is 8.21. The normalized spacial score (nSPS) is 29.9. The summed E-state index contributed by atoms with van der Waals surface area (Å²) >= 11 is 25.1. The molecule has 2 bridgehead atoms. The second kappa shape index (κ2) is 7.98. The van der Waals surface area contributed by atoms with Crippen molar-refractivity contribution in [2.24, 2.45) is 0 Å². The fourth-order valence-corrected chi connectivity index (χ4v) is 5.73. The predicted octanol–water partition coefficient (Wildman–Crippen LogP) is 6.62. The van der Waals surface area contributed by atoms with Crippen molar-refractivity contribution in [2.75, 3.05) is 20.6 Å². The number of hydrogen-bond acceptors (Lipinski definition) is 2. The Morgan fingerprint density at radius 3 is 1.75 bits per heavy atom. The van der Waals surface area contributed by atoms with Crippen LogP contribution in [0.15, 0.2) is 36.4 Å². The van der Waals surface area contributed by atoms with Crippen molar-refractivity contribution < 1.29 is 0 Å². The Labute approximate surface area is 187 Å². The van der Waals surface area contributed by atoms with Crippen molar-refractivity contribution >= 4 is 46.4 Å². The van der Waals surface area contributed by atoms with Gasteiger partial charge in [-0.15, -0.1) is 0 Å². The van der Waals surface area contributed by atoms with Crippen LogP contribution in [-0.2, 0) is 0 Å². The number of halogens is 4. The van der Waals surface area contributed by atoms with Crippen molar-refractivity contribution in [3.8, 4) is 0 Å². The maximum atomic E-state index is 6.37. The first-order valence-corrected chi connectivity index (χ1v) is 11.1. The van der Waals surface area contributed by atoms with E-state index < -0.39 is 0 Å². The lowest BCUT2D eigenvalue weighted by Crippen LogP contribution is -2.52. The van der Waals surface area contributed by atoms with Gasteiger partial charge in [-0.1, -0.05) is 58.5 Å². The van der Waals surface area contributed by atoms with Crippen LogP contribution in [0.5, 0.6) is 0 Å². The fraction of sp³-hybridized carbons (Fsp3) is 0.455. The first kappa shape index (κ1) is 20.8. The Bertz CT molecular complexity index is 821. The van der Waals surface area contributed by atoms with Crippen molar-refractivity contribution in [1.29, 1.82) is 0 Å². The van der Waals surface area contributed by atoms with E-state index >= 15 is 0 Å². The fourth-order valence-electron chi connectivity index (χ4n) is 5.12. The van der Waals surface area contributed by atoms with E-state index in [4.69, 9.17) is 46.4 Å². The third kappa shape index (κ3) is 3.69. The van der Waals surface area contributed by atoms with Gasteiger partial charge in [0, 0.05) is 23.4 Å². The standard InChI is InChI=1S/C22H24Cl4N2/c1-28(2)22-7-8-27-21(15(11-22)13-3-5-17(23)19(25)9-13)16(12-22)14-4-6-18(24)20(26)10-14/h3-6,9-10,15-16,21,27H,7-8,11-12H2,1-2H3. The summed E-state index contributed by atoms with van der Waals surface area (Å²) < 4.78 is 0. The molecule has 2 heterocycles. The van der Waals surface area contributed by atoms with Crippen LogP contribution in [0.3, 0.4) is 0 Å². The average Bonchev–Trinajstić information content (AvgIpc) is 2.97. The molecular weight excluding hydrogens is 434 g/mol. The molecule has 2 aromatic rings. The molecule has 0 radical (unpaired) electrons. The Kier molecular flexibility index (Phi) is 5.92. The van der Waals surface area contributed by atoms with E-state index in [-0.39, 0.29) is 5.54 Å². The second-order valence-corrected chi connectivity index (χ2v) is 9.95. The van der Waals surface area contributed by atoms with Crippen LogP contribution in [-0.4, -0.2) is 37.1 Å². The minimum atomic E-state index is 0.119. The van der Waals surface area contributed by atoms with Gasteiger partial charge in [0.15, 0.2) is 0 Å². The Balaban J connectivity index is 1.81. The lowest BCUT2D eigenvalue weighted by atomic mass is 9.64. The van der Waals surface area contributed by atoms with Gasteiger partial charge in [-0.2, -0.15) is 0 Å². The van der Waals surface area contributed by atoms with Crippen molar-refractivity contribution in [1.82, 2.24) is 10.2 Å². The molecule has 1 aliphatic carbocycles. The van der Waals surface area contributed by atoms with Crippen molar-refractivity contribution in [3.05, 3.63) is 67.6 Å². The number of benzene rings is 2. The second-order valence-electron chi connectivity index (χ2n) is 8.32. The van der Waals surface area contributed by atoms with Crippen LogP contribution in [0.25, 0.3) is 0 Å². The van der Waals surface area contributed by atoms with Gasteiger partial charge in [-0.3, -0.25) is 0 Å². The van der Waals surface area contributed by atoms with E-state index in [2.05, 4.69) is 36.4 Å². The summed E-state index contributed by atoms with van der Waals surface area (Å²) in [5.41, 5.74) is 2.60. The van der Waals surface area contributed by atoms with E-state index in [0.717, 1.165) is 25.8 Å². The molecule has 0 spiro atoms. The molecule has 2 saturated heterocycles. The molecule has 150 valence electrons. The molecule has 0 amide bonds. The number of nitrogens with one attached hydrogen (secondary N) is 1. The smallest absolute Gasteiger partial charge is 0.0595 e. The summed E-state index contributed by atoms with van der Waals surface area (Å²) in [6, 6.07) is 12.4. The van der Waals surface area contributed by atoms with Gasteiger partial charge in [0.05, 0.1) is 20.1 Å². The van der Waals surface area contributed by atoms with E-state index in [1.165, 1.54) is 11.1 Å². The SMILES string of the molecule is CN(C)C12CCNC(C(c3ccc(Cl)c(Cl)c3)C1)C(c1ccc(Cl)c(Cl)c1)C2. The highest BCUT2D eigenvalue weighted by Gasteiger charge is 2.50. The minimum Gasteiger partial charge on any atom is -0.313 e. The number of nitrogens with zero attached hydrogens (tertiary/aromatic N) is 1. The Hall–Kier alpha value is -0.480. The zero-order chi connectivity index (χ0) is 20.1. The molecule has 3 aliphatic rings. The zero-order valence-electron chi connectivity index (χ0n) is 16.0. The molecule has 3 fully saturated rings. The van der Waals surface area contributed by atoms with Gasteiger partial charge >= 0.3 is 0 Å². The van der Waals surface area contributed by atoms with Crippen LogP contribution in [0, 0.1) is 0 Å². The molecule has 0 aromatic heterocycles. The Morgan fingerprint density at radius 2 is 1.32 bits per heavy atom.